The molecule has 3 amide bonds. The molecule has 0 fully saturated rings. The van der Waals surface area contributed by atoms with Gasteiger partial charge in [-0.05, 0) is 46.9 Å². The average Bonchev–Trinajstić information content (AvgIpc) is 2.90. The average molecular weight is 523 g/mol. The fourth-order valence-corrected chi connectivity index (χ4v) is 3.95. The van der Waals surface area contributed by atoms with Crippen molar-refractivity contribution in [1.82, 2.24) is 10.6 Å². The van der Waals surface area contributed by atoms with Gasteiger partial charge in [0.25, 0.3) is 5.91 Å². The SMILES string of the molecule is NCc1ccc(CNC(=O)[C@H](Cc2ccccc2)NC(=O)CCc2ccc(OCC(N)=O)cc2)cc1Cl. The van der Waals surface area contributed by atoms with Gasteiger partial charge in [-0.25, -0.2) is 0 Å². The Kier molecular flexibility index (Phi) is 10.5. The lowest BCUT2D eigenvalue weighted by atomic mass is 10.0. The lowest BCUT2D eigenvalue weighted by Crippen LogP contribution is -2.47. The summed E-state index contributed by atoms with van der Waals surface area (Å²) in [6.07, 6.45) is 1.04. The van der Waals surface area contributed by atoms with Crippen LogP contribution in [-0.4, -0.2) is 30.4 Å². The number of aryl methyl sites for hydroxylation is 1. The van der Waals surface area contributed by atoms with E-state index in [1.165, 1.54) is 0 Å². The van der Waals surface area contributed by atoms with E-state index < -0.39 is 11.9 Å². The summed E-state index contributed by atoms with van der Waals surface area (Å²) >= 11 is 6.23. The predicted molar refractivity (Wildman–Crippen MR) is 143 cm³/mol. The molecule has 0 saturated carbocycles. The van der Waals surface area contributed by atoms with Crippen LogP contribution in [0.5, 0.6) is 5.75 Å². The van der Waals surface area contributed by atoms with Crippen molar-refractivity contribution in [3.63, 3.8) is 0 Å². The normalized spacial score (nSPS) is 11.4. The van der Waals surface area contributed by atoms with Gasteiger partial charge in [0.1, 0.15) is 11.8 Å². The molecule has 0 unspecified atom stereocenters. The van der Waals surface area contributed by atoms with Crippen LogP contribution in [0.4, 0.5) is 0 Å². The maximum absolute atomic E-state index is 13.1. The minimum Gasteiger partial charge on any atom is -0.484 e. The number of rotatable bonds is 13. The highest BCUT2D eigenvalue weighted by Crippen LogP contribution is 2.17. The van der Waals surface area contributed by atoms with E-state index >= 15 is 0 Å². The molecule has 1 atom stereocenters. The molecule has 0 aliphatic carbocycles. The molecule has 3 aromatic rings. The van der Waals surface area contributed by atoms with Crippen LogP contribution in [-0.2, 0) is 40.3 Å². The maximum atomic E-state index is 13.1. The van der Waals surface area contributed by atoms with Crippen molar-refractivity contribution in [1.29, 1.82) is 0 Å². The summed E-state index contributed by atoms with van der Waals surface area (Å²) in [5.41, 5.74) is 14.3. The van der Waals surface area contributed by atoms with E-state index in [0.717, 1.165) is 22.3 Å². The van der Waals surface area contributed by atoms with Crippen LogP contribution in [0.3, 0.4) is 0 Å². The molecule has 0 saturated heterocycles. The molecule has 37 heavy (non-hydrogen) atoms. The number of ether oxygens (including phenoxy) is 1. The molecule has 0 aromatic heterocycles. The fourth-order valence-electron chi connectivity index (χ4n) is 3.67. The third kappa shape index (κ3) is 9.25. The molecule has 3 aromatic carbocycles. The highest BCUT2D eigenvalue weighted by molar-refractivity contribution is 6.31. The van der Waals surface area contributed by atoms with Crippen LogP contribution in [0, 0.1) is 0 Å². The standard InChI is InChI=1S/C28H31ClN4O4/c29-24-14-21(6-10-22(24)16-30)17-32-28(36)25(15-20-4-2-1-3-5-20)33-27(35)13-9-19-7-11-23(12-8-19)37-18-26(31)34/h1-8,10-12,14,25H,9,13,15-18,30H2,(H2,31,34)(H,32,36)(H,33,35)/t25-/m0/s1. The van der Waals surface area contributed by atoms with Gasteiger partial charge in [0.15, 0.2) is 6.61 Å². The number of carbonyl (C=O) groups excluding carboxylic acids is 3. The molecular weight excluding hydrogens is 492 g/mol. The Balaban J connectivity index is 1.58. The Morgan fingerprint density at radius 1 is 0.919 bits per heavy atom. The molecule has 0 radical (unpaired) electrons. The molecule has 3 rings (SSSR count). The van der Waals surface area contributed by atoms with Crippen LogP contribution in [0.25, 0.3) is 0 Å². The zero-order chi connectivity index (χ0) is 26.6. The topological polar surface area (TPSA) is 137 Å². The van der Waals surface area contributed by atoms with Crippen molar-refractivity contribution < 1.29 is 19.1 Å². The number of primary amides is 1. The van der Waals surface area contributed by atoms with Crippen LogP contribution in [0.15, 0.2) is 72.8 Å². The number of benzene rings is 3. The van der Waals surface area contributed by atoms with E-state index in [2.05, 4.69) is 10.6 Å². The Hall–Kier alpha value is -3.88. The van der Waals surface area contributed by atoms with Gasteiger partial charge >= 0.3 is 0 Å². The smallest absolute Gasteiger partial charge is 0.255 e. The van der Waals surface area contributed by atoms with Gasteiger partial charge in [0, 0.05) is 31.0 Å². The molecule has 0 spiro atoms. The number of nitrogens with two attached hydrogens (primary N) is 2. The third-order valence-electron chi connectivity index (χ3n) is 5.68. The van der Waals surface area contributed by atoms with E-state index in [0.29, 0.717) is 30.2 Å². The molecule has 0 heterocycles. The van der Waals surface area contributed by atoms with Gasteiger partial charge in [0.05, 0.1) is 0 Å². The van der Waals surface area contributed by atoms with Crippen molar-refractivity contribution in [2.75, 3.05) is 6.61 Å². The van der Waals surface area contributed by atoms with Crippen LogP contribution in [0.2, 0.25) is 5.02 Å². The molecule has 6 N–H and O–H groups in total. The quantitative estimate of drug-likeness (QED) is 0.273. The van der Waals surface area contributed by atoms with Gasteiger partial charge < -0.3 is 26.8 Å². The third-order valence-corrected chi connectivity index (χ3v) is 6.04. The molecule has 9 heteroatoms. The summed E-state index contributed by atoms with van der Waals surface area (Å²) in [4.78, 5) is 36.7. The molecule has 0 aliphatic heterocycles. The van der Waals surface area contributed by atoms with E-state index in [-0.39, 0.29) is 31.4 Å². The number of amides is 3. The Morgan fingerprint density at radius 3 is 2.27 bits per heavy atom. The van der Waals surface area contributed by atoms with Crippen molar-refractivity contribution in [3.8, 4) is 5.75 Å². The number of carbonyl (C=O) groups is 3. The lowest BCUT2D eigenvalue weighted by molar-refractivity contribution is -0.129. The summed E-state index contributed by atoms with van der Waals surface area (Å²) in [6.45, 7) is 0.414. The van der Waals surface area contributed by atoms with Crippen LogP contribution in [0.1, 0.15) is 28.7 Å². The van der Waals surface area contributed by atoms with Crippen LogP contribution < -0.4 is 26.8 Å². The van der Waals surface area contributed by atoms with E-state index in [9.17, 15) is 14.4 Å². The second-order valence-electron chi connectivity index (χ2n) is 8.56. The second kappa shape index (κ2) is 14.0. The van der Waals surface area contributed by atoms with Gasteiger partial charge in [-0.1, -0.05) is 66.2 Å². The van der Waals surface area contributed by atoms with Crippen molar-refractivity contribution in [2.24, 2.45) is 11.5 Å². The predicted octanol–water partition coefficient (Wildman–Crippen LogP) is 2.64. The fraction of sp³-hybridized carbons (Fsp3) is 0.250. The molecule has 194 valence electrons. The first kappa shape index (κ1) is 27.7. The number of hydrogen-bond acceptors (Lipinski definition) is 5. The summed E-state index contributed by atoms with van der Waals surface area (Å²) in [5.74, 6) is -0.554. The molecule has 8 nitrogen and oxygen atoms in total. The molecular formula is C28H31ClN4O4. The molecule has 0 bridgehead atoms. The highest BCUT2D eigenvalue weighted by Gasteiger charge is 2.21. The molecule has 0 aliphatic rings. The second-order valence-corrected chi connectivity index (χ2v) is 8.96. The van der Waals surface area contributed by atoms with Gasteiger partial charge in [-0.15, -0.1) is 0 Å². The summed E-state index contributed by atoms with van der Waals surface area (Å²) in [7, 11) is 0. The monoisotopic (exact) mass is 522 g/mol. The maximum Gasteiger partial charge on any atom is 0.255 e. The number of halogens is 1. The number of nitrogens with one attached hydrogen (secondary N) is 2. The van der Waals surface area contributed by atoms with Crippen molar-refractivity contribution >= 4 is 29.3 Å². The van der Waals surface area contributed by atoms with Crippen molar-refractivity contribution in [3.05, 3.63) is 100 Å². The first-order valence-electron chi connectivity index (χ1n) is 11.9. The Morgan fingerprint density at radius 2 is 1.62 bits per heavy atom. The largest absolute Gasteiger partial charge is 0.484 e. The zero-order valence-electron chi connectivity index (χ0n) is 20.4. The van der Waals surface area contributed by atoms with Gasteiger partial charge in [0.2, 0.25) is 11.8 Å². The highest BCUT2D eigenvalue weighted by atomic mass is 35.5. The summed E-state index contributed by atoms with van der Waals surface area (Å²) in [5, 5.41) is 6.33. The number of hydrogen-bond donors (Lipinski definition) is 4. The van der Waals surface area contributed by atoms with Crippen LogP contribution >= 0.6 is 11.6 Å². The Labute approximate surface area is 221 Å². The Bertz CT molecular complexity index is 1200. The van der Waals surface area contributed by atoms with E-state index in [4.69, 9.17) is 27.8 Å². The summed E-state index contributed by atoms with van der Waals surface area (Å²) < 4.78 is 5.25. The van der Waals surface area contributed by atoms with Gasteiger partial charge in [-0.3, -0.25) is 14.4 Å². The summed E-state index contributed by atoms with van der Waals surface area (Å²) in [6, 6.07) is 21.3. The van der Waals surface area contributed by atoms with Gasteiger partial charge in [-0.2, -0.15) is 0 Å². The minimum absolute atomic E-state index is 0.196. The van der Waals surface area contributed by atoms with E-state index in [1.807, 2.05) is 54.6 Å². The van der Waals surface area contributed by atoms with E-state index in [1.54, 1.807) is 18.2 Å². The first-order chi connectivity index (χ1) is 17.8. The lowest BCUT2D eigenvalue weighted by Gasteiger charge is -2.19. The zero-order valence-corrected chi connectivity index (χ0v) is 21.2. The van der Waals surface area contributed by atoms with Crippen molar-refractivity contribution in [2.45, 2.75) is 38.4 Å². The minimum atomic E-state index is -0.738. The first-order valence-corrected chi connectivity index (χ1v) is 12.3.